The Labute approximate surface area is 251 Å². The van der Waals surface area contributed by atoms with Gasteiger partial charge in [0.25, 0.3) is 0 Å². The van der Waals surface area contributed by atoms with Crippen molar-refractivity contribution in [1.82, 2.24) is 4.57 Å². The Morgan fingerprint density at radius 2 is 1.12 bits per heavy atom. The molecule has 0 atom stereocenters. The molecule has 1 nitrogen and oxygen atoms in total. The van der Waals surface area contributed by atoms with Crippen LogP contribution in [-0.4, -0.2) is 4.57 Å². The lowest BCUT2D eigenvalue weighted by Crippen LogP contribution is -2.17. The second-order valence-electron chi connectivity index (χ2n) is 13.8. The average Bonchev–Trinajstić information content (AvgIpc) is 3.62. The number of nitrogens with zero attached hydrogens (tertiary/aromatic N) is 1. The van der Waals surface area contributed by atoms with Crippen molar-refractivity contribution in [2.75, 3.05) is 0 Å². The van der Waals surface area contributed by atoms with Crippen molar-refractivity contribution in [2.45, 2.75) is 38.5 Å². The summed E-state index contributed by atoms with van der Waals surface area (Å²) in [6.07, 6.45) is 2.24. The Bertz CT molecular complexity index is 2470. The van der Waals surface area contributed by atoms with Crippen LogP contribution in [0.2, 0.25) is 0 Å². The van der Waals surface area contributed by atoms with E-state index >= 15 is 0 Å². The Morgan fingerprint density at radius 1 is 0.465 bits per heavy atom. The quantitative estimate of drug-likeness (QED) is 0.179. The number of hydrogen-bond donors (Lipinski definition) is 0. The summed E-state index contributed by atoms with van der Waals surface area (Å²) in [7, 11) is 0. The number of para-hydroxylation sites is 1. The number of hydrogen-bond acceptors (Lipinski definition) is 0. The summed E-state index contributed by atoms with van der Waals surface area (Å²) in [5.41, 5.74) is 13.7. The first kappa shape index (κ1) is 23.7. The van der Waals surface area contributed by atoms with Crippen LogP contribution in [-0.2, 0) is 10.8 Å². The monoisotopic (exact) mass is 549 g/mol. The van der Waals surface area contributed by atoms with Crippen molar-refractivity contribution in [3.05, 3.63) is 138 Å². The highest BCUT2D eigenvalue weighted by Crippen LogP contribution is 2.59. The van der Waals surface area contributed by atoms with Crippen LogP contribution in [0.25, 0.3) is 71.2 Å². The molecule has 2 aliphatic rings. The van der Waals surface area contributed by atoms with Gasteiger partial charge in [-0.05, 0) is 108 Å². The maximum Gasteiger partial charge on any atom is 0.0610 e. The van der Waals surface area contributed by atoms with E-state index in [1.54, 1.807) is 0 Å². The van der Waals surface area contributed by atoms with Crippen LogP contribution in [0.15, 0.2) is 115 Å². The first-order valence-corrected chi connectivity index (χ1v) is 15.4. The van der Waals surface area contributed by atoms with Crippen LogP contribution in [0.1, 0.15) is 49.9 Å². The molecule has 7 aromatic carbocycles. The summed E-state index contributed by atoms with van der Waals surface area (Å²) in [5.74, 6) is 0. The third-order valence-corrected chi connectivity index (χ3v) is 10.9. The molecule has 1 heteroatoms. The van der Waals surface area contributed by atoms with Gasteiger partial charge in [-0.1, -0.05) is 100 Å². The van der Waals surface area contributed by atoms with Gasteiger partial charge in [0.15, 0.2) is 0 Å². The standard InChI is InChI=1S/C42H31N/c1-41(2)32-18-16-26-19-20-43(28-11-6-5-7-12-28)40(26)39(32)31-23-33-30(22-34(31)41)38-29-17-15-25-10-8-9-24-13-14-27(37(29)36(24)25)21-35(38)42(33,3)4/h5-23H,1-4H3. The topological polar surface area (TPSA) is 4.93 Å². The second-order valence-corrected chi connectivity index (χ2v) is 13.8. The van der Waals surface area contributed by atoms with E-state index in [2.05, 4.69) is 148 Å². The summed E-state index contributed by atoms with van der Waals surface area (Å²) in [6, 6.07) is 41.4. The zero-order valence-corrected chi connectivity index (χ0v) is 24.9. The summed E-state index contributed by atoms with van der Waals surface area (Å²) >= 11 is 0. The summed E-state index contributed by atoms with van der Waals surface area (Å²) in [4.78, 5) is 0. The lowest BCUT2D eigenvalue weighted by Gasteiger charge is -2.24. The van der Waals surface area contributed by atoms with E-state index in [9.17, 15) is 0 Å². The SMILES string of the molecule is CC1(C)c2cc3c(cc2-c2c1cc1ccc4cccc5ccc2c1c45)C(C)(C)c1ccc2ccn(-c4ccccc4)c2c1-3. The van der Waals surface area contributed by atoms with Gasteiger partial charge in [-0.3, -0.25) is 0 Å². The predicted molar refractivity (Wildman–Crippen MR) is 182 cm³/mol. The molecule has 10 rings (SSSR count). The van der Waals surface area contributed by atoms with Crippen molar-refractivity contribution in [2.24, 2.45) is 0 Å². The predicted octanol–water partition coefficient (Wildman–Crippen LogP) is 11.1. The largest absolute Gasteiger partial charge is 0.316 e. The Kier molecular flexibility index (Phi) is 4.15. The van der Waals surface area contributed by atoms with E-state index in [0.29, 0.717) is 0 Å². The summed E-state index contributed by atoms with van der Waals surface area (Å²) < 4.78 is 2.39. The van der Waals surface area contributed by atoms with E-state index in [-0.39, 0.29) is 10.8 Å². The molecule has 1 heterocycles. The molecule has 1 aromatic heterocycles. The highest BCUT2D eigenvalue weighted by atomic mass is 15.0. The molecule has 0 unspecified atom stereocenters. The van der Waals surface area contributed by atoms with Gasteiger partial charge in [0.2, 0.25) is 0 Å². The van der Waals surface area contributed by atoms with Gasteiger partial charge in [-0.2, -0.15) is 0 Å². The third kappa shape index (κ3) is 2.75. The molecule has 2 aliphatic carbocycles. The summed E-state index contributed by atoms with van der Waals surface area (Å²) in [6.45, 7) is 9.68. The Hall–Kier alpha value is -4.88. The average molecular weight is 550 g/mol. The van der Waals surface area contributed by atoms with Crippen molar-refractivity contribution >= 4 is 43.2 Å². The molecule has 0 aliphatic heterocycles. The fourth-order valence-electron chi connectivity index (χ4n) is 8.76. The molecule has 0 saturated heterocycles. The zero-order valence-electron chi connectivity index (χ0n) is 24.9. The van der Waals surface area contributed by atoms with Gasteiger partial charge < -0.3 is 4.57 Å². The van der Waals surface area contributed by atoms with E-state index < -0.39 is 0 Å². The van der Waals surface area contributed by atoms with E-state index in [4.69, 9.17) is 0 Å². The lowest BCUT2D eigenvalue weighted by atomic mass is 9.79. The fourth-order valence-corrected chi connectivity index (χ4v) is 8.76. The molecule has 0 fully saturated rings. The first-order chi connectivity index (χ1) is 20.8. The van der Waals surface area contributed by atoms with Crippen LogP contribution in [0.5, 0.6) is 0 Å². The van der Waals surface area contributed by atoms with Gasteiger partial charge in [-0.25, -0.2) is 0 Å². The van der Waals surface area contributed by atoms with Gasteiger partial charge in [0.1, 0.15) is 0 Å². The minimum atomic E-state index is -0.105. The normalized spacial score (nSPS) is 15.8. The first-order valence-electron chi connectivity index (χ1n) is 15.4. The molecule has 0 amide bonds. The van der Waals surface area contributed by atoms with E-state index in [1.165, 1.54) is 93.4 Å². The zero-order chi connectivity index (χ0) is 28.8. The van der Waals surface area contributed by atoms with Crippen LogP contribution < -0.4 is 0 Å². The Morgan fingerprint density at radius 3 is 1.88 bits per heavy atom. The van der Waals surface area contributed by atoms with Gasteiger partial charge >= 0.3 is 0 Å². The molecule has 0 radical (unpaired) electrons. The van der Waals surface area contributed by atoms with E-state index in [0.717, 1.165) is 0 Å². The molecule has 0 spiro atoms. The van der Waals surface area contributed by atoms with Crippen molar-refractivity contribution in [3.63, 3.8) is 0 Å². The van der Waals surface area contributed by atoms with Crippen LogP contribution in [0.3, 0.4) is 0 Å². The number of rotatable bonds is 1. The molecule has 0 N–H and O–H groups in total. The minimum Gasteiger partial charge on any atom is -0.316 e. The van der Waals surface area contributed by atoms with Gasteiger partial charge in [-0.15, -0.1) is 0 Å². The molecule has 0 bridgehead atoms. The molecular formula is C42H31N. The smallest absolute Gasteiger partial charge is 0.0610 e. The van der Waals surface area contributed by atoms with Crippen LogP contribution in [0, 0.1) is 0 Å². The van der Waals surface area contributed by atoms with Crippen molar-refractivity contribution < 1.29 is 0 Å². The number of aromatic nitrogens is 1. The Balaban J connectivity index is 1.31. The maximum absolute atomic E-state index is 2.57. The summed E-state index contributed by atoms with van der Waals surface area (Å²) in [5, 5.41) is 9.47. The van der Waals surface area contributed by atoms with Crippen LogP contribution in [0.4, 0.5) is 0 Å². The van der Waals surface area contributed by atoms with Gasteiger partial charge in [0, 0.05) is 33.7 Å². The molecule has 8 aromatic rings. The highest BCUT2D eigenvalue weighted by Gasteiger charge is 2.43. The number of benzene rings is 7. The van der Waals surface area contributed by atoms with Gasteiger partial charge in [0.05, 0.1) is 5.52 Å². The number of fused-ring (bicyclic) bond motifs is 9. The minimum absolute atomic E-state index is 0.101. The molecule has 43 heavy (non-hydrogen) atoms. The third-order valence-electron chi connectivity index (χ3n) is 10.9. The van der Waals surface area contributed by atoms with Crippen molar-refractivity contribution in [3.8, 4) is 27.9 Å². The second kappa shape index (κ2) is 7.54. The lowest BCUT2D eigenvalue weighted by molar-refractivity contribution is 0.652. The molecular weight excluding hydrogens is 518 g/mol. The van der Waals surface area contributed by atoms with Crippen molar-refractivity contribution in [1.29, 1.82) is 0 Å². The highest BCUT2D eigenvalue weighted by molar-refractivity contribution is 6.26. The maximum atomic E-state index is 2.57. The van der Waals surface area contributed by atoms with E-state index in [1.807, 2.05) is 0 Å². The molecule has 0 saturated carbocycles. The fraction of sp³-hybridized carbons (Fsp3) is 0.143. The van der Waals surface area contributed by atoms with Crippen LogP contribution >= 0.6 is 0 Å². The molecule has 204 valence electrons.